The molecule has 0 radical (unpaired) electrons. The van der Waals surface area contributed by atoms with E-state index in [9.17, 15) is 14.4 Å². The second kappa shape index (κ2) is 7.07. The highest BCUT2D eigenvalue weighted by Gasteiger charge is 2.28. The number of thioether (sulfide) groups is 1. The van der Waals surface area contributed by atoms with Gasteiger partial charge in [-0.1, -0.05) is 12.1 Å². The van der Waals surface area contributed by atoms with E-state index in [-0.39, 0.29) is 30.6 Å². The maximum absolute atomic E-state index is 12.4. The van der Waals surface area contributed by atoms with Gasteiger partial charge in [0.2, 0.25) is 11.8 Å². The van der Waals surface area contributed by atoms with Crippen LogP contribution >= 0.6 is 11.8 Å². The molecule has 0 spiro atoms. The van der Waals surface area contributed by atoms with E-state index in [0.717, 1.165) is 22.8 Å². The molecule has 9 heteroatoms. The van der Waals surface area contributed by atoms with Crippen LogP contribution in [0.5, 0.6) is 0 Å². The van der Waals surface area contributed by atoms with Crippen molar-refractivity contribution in [3.05, 3.63) is 41.1 Å². The molecule has 0 fully saturated rings. The molecule has 1 unspecified atom stereocenters. The zero-order valence-electron chi connectivity index (χ0n) is 14.7. The summed E-state index contributed by atoms with van der Waals surface area (Å²) in [6, 6.07) is 6.07. The molecule has 2 aliphatic heterocycles. The number of nitrogens with zero attached hydrogens (tertiary/aromatic N) is 2. The standard InChI is InChI=1S/C18H19N5O3S/c1-23-16(11-8-27-9-14(11)22-23)21-15(24)7-6-13-18(26)19-12-5-3-2-4-10(12)17(25)20-13/h2-5,13H,6-9H2,1H3,(H,19,26)(H,20,25)(H,21,24). The number of carbonyl (C=O) groups excluding carboxylic acids is 3. The zero-order chi connectivity index (χ0) is 19.0. The molecule has 2 aromatic rings. The van der Waals surface area contributed by atoms with Gasteiger partial charge in [-0.3, -0.25) is 19.1 Å². The Bertz CT molecular complexity index is 939. The van der Waals surface area contributed by atoms with Gasteiger partial charge < -0.3 is 16.0 Å². The Morgan fingerprint density at radius 1 is 1.33 bits per heavy atom. The summed E-state index contributed by atoms with van der Waals surface area (Å²) in [5.74, 6) is 1.55. The average molecular weight is 385 g/mol. The van der Waals surface area contributed by atoms with E-state index >= 15 is 0 Å². The van der Waals surface area contributed by atoms with Gasteiger partial charge in [0, 0.05) is 30.5 Å². The van der Waals surface area contributed by atoms with E-state index in [1.54, 1.807) is 47.8 Å². The van der Waals surface area contributed by atoms with Gasteiger partial charge in [0.25, 0.3) is 5.91 Å². The lowest BCUT2D eigenvalue weighted by molar-refractivity contribution is -0.118. The van der Waals surface area contributed by atoms with Gasteiger partial charge in [0.05, 0.1) is 16.9 Å². The Morgan fingerprint density at radius 2 is 2.15 bits per heavy atom. The minimum atomic E-state index is -0.761. The lowest BCUT2D eigenvalue weighted by Crippen LogP contribution is -2.41. The van der Waals surface area contributed by atoms with Crippen molar-refractivity contribution in [3.63, 3.8) is 0 Å². The number of hydrogen-bond donors (Lipinski definition) is 3. The number of fused-ring (bicyclic) bond motifs is 2. The Hall–Kier alpha value is -2.81. The largest absolute Gasteiger partial charge is 0.340 e. The lowest BCUT2D eigenvalue weighted by Gasteiger charge is -2.14. The summed E-state index contributed by atoms with van der Waals surface area (Å²) in [6.45, 7) is 0. The normalized spacial score (nSPS) is 18.2. The fourth-order valence-corrected chi connectivity index (χ4v) is 4.32. The van der Waals surface area contributed by atoms with Crippen molar-refractivity contribution in [1.82, 2.24) is 15.1 Å². The van der Waals surface area contributed by atoms with Crippen LogP contribution in [0.3, 0.4) is 0 Å². The van der Waals surface area contributed by atoms with Crippen LogP contribution in [0.4, 0.5) is 11.5 Å². The first-order valence-electron chi connectivity index (χ1n) is 8.66. The van der Waals surface area contributed by atoms with Crippen LogP contribution in [0.1, 0.15) is 34.5 Å². The number of aromatic nitrogens is 2. The van der Waals surface area contributed by atoms with Gasteiger partial charge in [-0.2, -0.15) is 16.9 Å². The molecule has 8 nitrogen and oxygen atoms in total. The summed E-state index contributed by atoms with van der Waals surface area (Å²) in [4.78, 5) is 37.1. The fourth-order valence-electron chi connectivity index (χ4n) is 3.28. The van der Waals surface area contributed by atoms with Crippen molar-refractivity contribution in [2.75, 3.05) is 10.6 Å². The highest BCUT2D eigenvalue weighted by Crippen LogP contribution is 2.34. The molecule has 1 aromatic heterocycles. The van der Waals surface area contributed by atoms with Crippen LogP contribution in [-0.2, 0) is 28.1 Å². The van der Waals surface area contributed by atoms with Crippen LogP contribution in [0, 0.1) is 0 Å². The van der Waals surface area contributed by atoms with Crippen molar-refractivity contribution in [2.24, 2.45) is 7.05 Å². The minimum absolute atomic E-state index is 0.113. The monoisotopic (exact) mass is 385 g/mol. The summed E-state index contributed by atoms with van der Waals surface area (Å²) >= 11 is 1.76. The molecule has 0 saturated heterocycles. The predicted octanol–water partition coefficient (Wildman–Crippen LogP) is 1.64. The molecule has 1 atom stereocenters. The van der Waals surface area contributed by atoms with E-state index in [1.807, 2.05) is 0 Å². The molecule has 27 heavy (non-hydrogen) atoms. The number of carbonyl (C=O) groups is 3. The smallest absolute Gasteiger partial charge is 0.254 e. The molecule has 0 aliphatic carbocycles. The number of rotatable bonds is 4. The molecular formula is C18H19N5O3S. The topological polar surface area (TPSA) is 105 Å². The quantitative estimate of drug-likeness (QED) is 0.742. The first-order chi connectivity index (χ1) is 13.0. The number of hydrogen-bond acceptors (Lipinski definition) is 5. The van der Waals surface area contributed by atoms with Crippen LogP contribution in [0.25, 0.3) is 0 Å². The minimum Gasteiger partial charge on any atom is -0.340 e. The summed E-state index contributed by atoms with van der Waals surface area (Å²) in [5.41, 5.74) is 2.97. The van der Waals surface area contributed by atoms with E-state index in [0.29, 0.717) is 17.1 Å². The van der Waals surface area contributed by atoms with Crippen LogP contribution in [-0.4, -0.2) is 33.5 Å². The summed E-state index contributed by atoms with van der Waals surface area (Å²) in [5, 5.41) is 12.7. The maximum Gasteiger partial charge on any atom is 0.254 e. The third-order valence-corrected chi connectivity index (χ3v) is 5.65. The molecule has 3 heterocycles. The van der Waals surface area contributed by atoms with E-state index < -0.39 is 6.04 Å². The molecule has 3 N–H and O–H groups in total. The first-order valence-corrected chi connectivity index (χ1v) is 9.81. The Morgan fingerprint density at radius 3 is 3.00 bits per heavy atom. The second-order valence-corrected chi connectivity index (χ2v) is 7.52. The van der Waals surface area contributed by atoms with Gasteiger partial charge >= 0.3 is 0 Å². The van der Waals surface area contributed by atoms with Gasteiger partial charge in [0.15, 0.2) is 0 Å². The fraction of sp³-hybridized carbons (Fsp3) is 0.333. The number of para-hydroxylation sites is 1. The Balaban J connectivity index is 1.40. The van der Waals surface area contributed by atoms with Crippen molar-refractivity contribution in [2.45, 2.75) is 30.4 Å². The van der Waals surface area contributed by atoms with Gasteiger partial charge in [-0.15, -0.1) is 0 Å². The third kappa shape index (κ3) is 3.42. The Labute approximate surface area is 160 Å². The Kier molecular flexibility index (Phi) is 4.61. The number of amides is 3. The van der Waals surface area contributed by atoms with Crippen molar-refractivity contribution < 1.29 is 14.4 Å². The van der Waals surface area contributed by atoms with Crippen molar-refractivity contribution in [1.29, 1.82) is 0 Å². The highest BCUT2D eigenvalue weighted by atomic mass is 32.2. The van der Waals surface area contributed by atoms with Gasteiger partial charge in [-0.25, -0.2) is 0 Å². The van der Waals surface area contributed by atoms with Gasteiger partial charge in [-0.05, 0) is 18.6 Å². The van der Waals surface area contributed by atoms with E-state index in [1.165, 1.54) is 0 Å². The van der Waals surface area contributed by atoms with E-state index in [2.05, 4.69) is 21.0 Å². The van der Waals surface area contributed by atoms with Crippen LogP contribution in [0.15, 0.2) is 24.3 Å². The summed E-state index contributed by atoms with van der Waals surface area (Å²) in [6.07, 6.45) is 0.327. The number of nitrogens with one attached hydrogen (secondary N) is 3. The highest BCUT2D eigenvalue weighted by molar-refractivity contribution is 7.98. The molecular weight excluding hydrogens is 366 g/mol. The van der Waals surface area contributed by atoms with Crippen LogP contribution in [0.2, 0.25) is 0 Å². The number of anilines is 2. The molecule has 2 aliphatic rings. The second-order valence-electron chi connectivity index (χ2n) is 6.54. The van der Waals surface area contributed by atoms with Gasteiger partial charge in [0.1, 0.15) is 11.9 Å². The van der Waals surface area contributed by atoms with E-state index in [4.69, 9.17) is 0 Å². The SMILES string of the molecule is Cn1nc2c(c1NC(=O)CCC1NC(=O)c3ccccc3NC1=O)CSC2. The predicted molar refractivity (Wildman–Crippen MR) is 102 cm³/mol. The average Bonchev–Trinajstić information content (AvgIpc) is 3.17. The molecule has 4 rings (SSSR count). The number of benzene rings is 1. The molecule has 140 valence electrons. The molecule has 0 saturated carbocycles. The first kappa shape index (κ1) is 17.6. The van der Waals surface area contributed by atoms with Crippen molar-refractivity contribution >= 4 is 41.0 Å². The third-order valence-electron chi connectivity index (χ3n) is 4.68. The maximum atomic E-state index is 12.4. The van der Waals surface area contributed by atoms with Crippen molar-refractivity contribution in [3.8, 4) is 0 Å². The lowest BCUT2D eigenvalue weighted by atomic mass is 10.1. The summed E-state index contributed by atoms with van der Waals surface area (Å²) < 4.78 is 1.68. The molecule has 1 aromatic carbocycles. The zero-order valence-corrected chi connectivity index (χ0v) is 15.6. The van der Waals surface area contributed by atoms with Crippen LogP contribution < -0.4 is 16.0 Å². The summed E-state index contributed by atoms with van der Waals surface area (Å²) in [7, 11) is 1.80. The number of aryl methyl sites for hydroxylation is 1. The molecule has 3 amide bonds. The molecule has 0 bridgehead atoms.